The van der Waals surface area contributed by atoms with Crippen molar-refractivity contribution in [2.75, 3.05) is 38.5 Å². The molecule has 1 aromatic rings. The van der Waals surface area contributed by atoms with Crippen LogP contribution < -0.4 is 5.73 Å². The maximum atomic E-state index is 13.0. The predicted molar refractivity (Wildman–Crippen MR) is 101 cm³/mol. The number of nitrogen functional groups attached to an aromatic ring is 1. The Morgan fingerprint density at radius 1 is 1.08 bits per heavy atom. The largest absolute Gasteiger partial charge is 0.398 e. The minimum atomic E-state index is -0.450. The van der Waals surface area contributed by atoms with Crippen molar-refractivity contribution in [1.82, 2.24) is 14.7 Å². The number of benzene rings is 1. The van der Waals surface area contributed by atoms with Gasteiger partial charge in [-0.05, 0) is 31.0 Å². The van der Waals surface area contributed by atoms with Gasteiger partial charge in [-0.3, -0.25) is 14.4 Å². The minimum absolute atomic E-state index is 0.0282. The van der Waals surface area contributed by atoms with Crippen molar-refractivity contribution in [2.24, 2.45) is 0 Å². The summed E-state index contributed by atoms with van der Waals surface area (Å²) in [5, 5.41) is 0. The molecule has 26 heavy (non-hydrogen) atoms. The summed E-state index contributed by atoms with van der Waals surface area (Å²) >= 11 is 3.34. The van der Waals surface area contributed by atoms with Gasteiger partial charge < -0.3 is 20.4 Å². The highest BCUT2D eigenvalue weighted by atomic mass is 79.9. The van der Waals surface area contributed by atoms with Crippen LogP contribution in [0.3, 0.4) is 0 Å². The Labute approximate surface area is 161 Å². The second kappa shape index (κ2) is 7.65. The van der Waals surface area contributed by atoms with Gasteiger partial charge in [0.05, 0.1) is 5.56 Å². The van der Waals surface area contributed by atoms with Crippen LogP contribution >= 0.6 is 15.9 Å². The van der Waals surface area contributed by atoms with Crippen LogP contribution in [0.4, 0.5) is 5.69 Å². The van der Waals surface area contributed by atoms with Crippen LogP contribution in [0.5, 0.6) is 0 Å². The summed E-state index contributed by atoms with van der Waals surface area (Å²) in [7, 11) is 0. The quantitative estimate of drug-likeness (QED) is 0.728. The monoisotopic (exact) mass is 422 g/mol. The normalized spacial score (nSPS) is 20.4. The molecule has 2 fully saturated rings. The molecule has 0 saturated carbocycles. The molecule has 2 saturated heterocycles. The smallest absolute Gasteiger partial charge is 0.256 e. The summed E-state index contributed by atoms with van der Waals surface area (Å²) in [5.74, 6) is -0.205. The third-order valence-corrected chi connectivity index (χ3v) is 5.57. The number of carbonyl (C=O) groups is 3. The number of hydrogen-bond acceptors (Lipinski definition) is 4. The van der Waals surface area contributed by atoms with E-state index in [2.05, 4.69) is 15.9 Å². The maximum Gasteiger partial charge on any atom is 0.256 e. The van der Waals surface area contributed by atoms with Gasteiger partial charge >= 0.3 is 0 Å². The van der Waals surface area contributed by atoms with E-state index >= 15 is 0 Å². The number of nitrogens with zero attached hydrogens (tertiary/aromatic N) is 3. The molecule has 140 valence electrons. The fourth-order valence-electron chi connectivity index (χ4n) is 3.60. The van der Waals surface area contributed by atoms with Crippen molar-refractivity contribution in [3.8, 4) is 0 Å². The van der Waals surface area contributed by atoms with Crippen LogP contribution in [0, 0.1) is 0 Å². The predicted octanol–water partition coefficient (Wildman–Crippen LogP) is 1.33. The zero-order valence-electron chi connectivity index (χ0n) is 14.8. The van der Waals surface area contributed by atoms with E-state index in [1.807, 2.05) is 0 Å². The van der Waals surface area contributed by atoms with Gasteiger partial charge in [-0.15, -0.1) is 0 Å². The molecule has 0 spiro atoms. The van der Waals surface area contributed by atoms with E-state index in [1.165, 1.54) is 6.92 Å². The Morgan fingerprint density at radius 3 is 2.35 bits per heavy atom. The number of piperazine rings is 1. The lowest BCUT2D eigenvalue weighted by molar-refractivity contribution is -0.141. The van der Waals surface area contributed by atoms with Crippen molar-refractivity contribution in [3.63, 3.8) is 0 Å². The third-order valence-electron chi connectivity index (χ3n) is 5.08. The number of anilines is 1. The molecule has 1 aromatic carbocycles. The second-order valence-electron chi connectivity index (χ2n) is 6.72. The van der Waals surface area contributed by atoms with E-state index in [1.54, 1.807) is 32.9 Å². The van der Waals surface area contributed by atoms with Crippen LogP contribution in [0.25, 0.3) is 0 Å². The van der Waals surface area contributed by atoms with Crippen molar-refractivity contribution >= 4 is 39.3 Å². The number of carbonyl (C=O) groups excluding carboxylic acids is 3. The fraction of sp³-hybridized carbons (Fsp3) is 0.500. The number of hydrogen-bond donors (Lipinski definition) is 1. The first kappa shape index (κ1) is 18.7. The Bertz CT molecular complexity index is 731. The molecule has 7 nitrogen and oxygen atoms in total. The summed E-state index contributed by atoms with van der Waals surface area (Å²) in [6, 6.07) is 4.71. The highest BCUT2D eigenvalue weighted by molar-refractivity contribution is 9.10. The standard InChI is InChI=1S/C18H23BrN4O3/c1-12(24)21-7-9-22(10-8-21)18(26)16-3-2-6-23(16)17(25)14-5-4-13(19)11-15(14)20/h4-5,11,16H,2-3,6-10,20H2,1H3/t16-/m1/s1. The first-order valence-corrected chi connectivity index (χ1v) is 9.58. The molecule has 0 unspecified atom stereocenters. The summed E-state index contributed by atoms with van der Waals surface area (Å²) in [6.07, 6.45) is 1.46. The number of rotatable bonds is 2. The van der Waals surface area contributed by atoms with Crippen molar-refractivity contribution in [3.05, 3.63) is 28.2 Å². The highest BCUT2D eigenvalue weighted by Crippen LogP contribution is 2.26. The molecule has 0 aromatic heterocycles. The number of amides is 3. The van der Waals surface area contributed by atoms with E-state index in [0.717, 1.165) is 10.9 Å². The minimum Gasteiger partial charge on any atom is -0.398 e. The Morgan fingerprint density at radius 2 is 1.73 bits per heavy atom. The average molecular weight is 423 g/mol. The molecule has 2 heterocycles. The fourth-order valence-corrected chi connectivity index (χ4v) is 3.98. The van der Waals surface area contributed by atoms with Gasteiger partial charge in [0.2, 0.25) is 11.8 Å². The SMILES string of the molecule is CC(=O)N1CCN(C(=O)[C@H]2CCCN2C(=O)c2ccc(Br)cc2N)CC1. The average Bonchev–Trinajstić information content (AvgIpc) is 3.10. The Kier molecular flexibility index (Phi) is 5.50. The zero-order valence-corrected chi connectivity index (χ0v) is 16.4. The Hall–Kier alpha value is -2.09. The molecule has 3 amide bonds. The van der Waals surface area contributed by atoms with Crippen LogP contribution in [-0.2, 0) is 9.59 Å². The van der Waals surface area contributed by atoms with E-state index in [4.69, 9.17) is 5.73 Å². The molecule has 2 aliphatic rings. The van der Waals surface area contributed by atoms with Crippen LogP contribution in [-0.4, -0.2) is 71.2 Å². The molecule has 0 aliphatic carbocycles. The van der Waals surface area contributed by atoms with Gasteiger partial charge in [0.15, 0.2) is 0 Å². The van der Waals surface area contributed by atoms with Crippen LogP contribution in [0.2, 0.25) is 0 Å². The second-order valence-corrected chi connectivity index (χ2v) is 7.64. The van der Waals surface area contributed by atoms with Gasteiger partial charge in [-0.2, -0.15) is 0 Å². The molecule has 1 atom stereocenters. The molecule has 8 heteroatoms. The van der Waals surface area contributed by atoms with Crippen LogP contribution in [0.15, 0.2) is 22.7 Å². The Balaban J connectivity index is 1.71. The molecular weight excluding hydrogens is 400 g/mol. The molecule has 3 rings (SSSR count). The molecule has 0 bridgehead atoms. The van der Waals surface area contributed by atoms with E-state index in [9.17, 15) is 14.4 Å². The van der Waals surface area contributed by atoms with Crippen molar-refractivity contribution in [1.29, 1.82) is 0 Å². The van der Waals surface area contributed by atoms with Gasteiger partial charge in [0.25, 0.3) is 5.91 Å². The van der Waals surface area contributed by atoms with Crippen molar-refractivity contribution < 1.29 is 14.4 Å². The zero-order chi connectivity index (χ0) is 18.8. The third kappa shape index (κ3) is 3.70. The number of likely N-dealkylation sites (tertiary alicyclic amines) is 1. The lowest BCUT2D eigenvalue weighted by atomic mass is 10.1. The topological polar surface area (TPSA) is 87.0 Å². The van der Waals surface area contributed by atoms with Gasteiger partial charge in [-0.1, -0.05) is 15.9 Å². The molecular formula is C18H23BrN4O3. The molecule has 2 N–H and O–H groups in total. The summed E-state index contributed by atoms with van der Waals surface area (Å²) in [4.78, 5) is 42.5. The van der Waals surface area contributed by atoms with Crippen LogP contribution in [0.1, 0.15) is 30.1 Å². The van der Waals surface area contributed by atoms with E-state index < -0.39 is 6.04 Å². The molecule has 0 radical (unpaired) electrons. The molecule has 2 aliphatic heterocycles. The highest BCUT2D eigenvalue weighted by Gasteiger charge is 2.38. The summed E-state index contributed by atoms with van der Waals surface area (Å²) in [6.45, 7) is 4.20. The van der Waals surface area contributed by atoms with Gasteiger partial charge in [-0.25, -0.2) is 0 Å². The summed E-state index contributed by atoms with van der Waals surface area (Å²) < 4.78 is 0.809. The van der Waals surface area contributed by atoms with E-state index in [-0.39, 0.29) is 17.7 Å². The lowest BCUT2D eigenvalue weighted by Crippen LogP contribution is -2.55. The van der Waals surface area contributed by atoms with Gasteiger partial charge in [0.1, 0.15) is 6.04 Å². The summed E-state index contributed by atoms with van der Waals surface area (Å²) in [5.41, 5.74) is 6.81. The lowest BCUT2D eigenvalue weighted by Gasteiger charge is -2.37. The first-order valence-electron chi connectivity index (χ1n) is 8.79. The number of nitrogens with two attached hydrogens (primary N) is 1. The maximum absolute atomic E-state index is 13.0. The number of halogens is 1. The van der Waals surface area contributed by atoms with E-state index in [0.29, 0.717) is 50.4 Å². The van der Waals surface area contributed by atoms with Crippen molar-refractivity contribution in [2.45, 2.75) is 25.8 Å². The van der Waals surface area contributed by atoms with Gasteiger partial charge in [0, 0.05) is 49.8 Å². The first-order chi connectivity index (χ1) is 12.4.